The van der Waals surface area contributed by atoms with E-state index in [-0.39, 0.29) is 11.3 Å². The fourth-order valence-electron chi connectivity index (χ4n) is 1.37. The van der Waals surface area contributed by atoms with Gasteiger partial charge in [-0.15, -0.1) is 0 Å². The van der Waals surface area contributed by atoms with Crippen molar-refractivity contribution in [1.29, 1.82) is 0 Å². The monoisotopic (exact) mass is 202 g/mol. The first kappa shape index (κ1) is 9.45. The lowest BCUT2D eigenvalue weighted by atomic mass is 10.2. The third-order valence-corrected chi connectivity index (χ3v) is 1.98. The number of benzene rings is 1. The third-order valence-electron chi connectivity index (χ3n) is 1.98. The predicted octanol–water partition coefficient (Wildman–Crippen LogP) is 1.84. The standard InChI is InChI=1S/C11H10N2O2/c1-7(14)6-10-12-9-5-3-2-4-8(9)11(15)13-10/h2-6,14H,1H3,(H,12,13,15)/b7-6-. The number of aromatic amines is 1. The van der Waals surface area contributed by atoms with Crippen molar-refractivity contribution in [3.8, 4) is 0 Å². The van der Waals surface area contributed by atoms with Gasteiger partial charge < -0.3 is 10.1 Å². The van der Waals surface area contributed by atoms with Gasteiger partial charge in [-0.05, 0) is 19.1 Å². The Bertz CT molecular complexity index is 580. The molecule has 2 aromatic rings. The molecule has 0 saturated carbocycles. The number of fused-ring (bicyclic) bond motifs is 1. The molecular formula is C11H10N2O2. The molecule has 1 aromatic carbocycles. The first-order chi connectivity index (χ1) is 7.16. The molecule has 4 heteroatoms. The van der Waals surface area contributed by atoms with Gasteiger partial charge in [-0.1, -0.05) is 12.1 Å². The number of allylic oxidation sites excluding steroid dienone is 1. The number of hydrogen-bond donors (Lipinski definition) is 2. The highest BCUT2D eigenvalue weighted by molar-refractivity contribution is 5.77. The summed E-state index contributed by atoms with van der Waals surface area (Å²) in [6, 6.07) is 7.06. The minimum absolute atomic E-state index is 0.105. The molecule has 0 bridgehead atoms. The molecule has 0 saturated heterocycles. The average molecular weight is 202 g/mol. The van der Waals surface area contributed by atoms with Crippen LogP contribution >= 0.6 is 0 Å². The summed E-state index contributed by atoms with van der Waals surface area (Å²) in [5.41, 5.74) is 0.418. The molecule has 0 aliphatic heterocycles. The van der Waals surface area contributed by atoms with Crippen LogP contribution in [0.3, 0.4) is 0 Å². The van der Waals surface area contributed by atoms with E-state index in [2.05, 4.69) is 9.97 Å². The largest absolute Gasteiger partial charge is 0.512 e. The number of aliphatic hydroxyl groups excluding tert-OH is 1. The molecule has 4 nitrogen and oxygen atoms in total. The molecule has 15 heavy (non-hydrogen) atoms. The number of nitrogens with zero attached hydrogens (tertiary/aromatic N) is 1. The van der Waals surface area contributed by atoms with Crippen LogP contribution in [0.2, 0.25) is 0 Å². The molecule has 0 aliphatic carbocycles. The fraction of sp³-hybridized carbons (Fsp3) is 0.0909. The summed E-state index contributed by atoms with van der Waals surface area (Å²) >= 11 is 0. The summed E-state index contributed by atoms with van der Waals surface area (Å²) in [5, 5.41) is 9.61. The predicted molar refractivity (Wildman–Crippen MR) is 58.6 cm³/mol. The lowest BCUT2D eigenvalue weighted by Crippen LogP contribution is -2.09. The van der Waals surface area contributed by atoms with Gasteiger partial charge in [0.25, 0.3) is 5.56 Å². The van der Waals surface area contributed by atoms with Crippen LogP contribution in [-0.2, 0) is 0 Å². The normalized spacial score (nSPS) is 11.9. The lowest BCUT2D eigenvalue weighted by Gasteiger charge is -1.98. The van der Waals surface area contributed by atoms with Crippen molar-refractivity contribution >= 4 is 17.0 Å². The molecule has 1 aromatic heterocycles. The van der Waals surface area contributed by atoms with Crippen molar-refractivity contribution in [3.63, 3.8) is 0 Å². The summed E-state index contributed by atoms with van der Waals surface area (Å²) in [6.45, 7) is 1.52. The van der Waals surface area contributed by atoms with E-state index in [1.807, 2.05) is 6.07 Å². The molecule has 1 heterocycles. The van der Waals surface area contributed by atoms with E-state index in [0.717, 1.165) is 0 Å². The molecule has 76 valence electrons. The quantitative estimate of drug-likeness (QED) is 0.693. The Labute approximate surface area is 85.9 Å². The second kappa shape index (κ2) is 3.57. The Kier molecular flexibility index (Phi) is 2.25. The maximum atomic E-state index is 11.6. The van der Waals surface area contributed by atoms with Crippen LogP contribution in [0.5, 0.6) is 0 Å². The zero-order valence-electron chi connectivity index (χ0n) is 8.19. The Hall–Kier alpha value is -2.10. The molecule has 2 N–H and O–H groups in total. The van der Waals surface area contributed by atoms with Gasteiger partial charge >= 0.3 is 0 Å². The van der Waals surface area contributed by atoms with Crippen molar-refractivity contribution < 1.29 is 5.11 Å². The van der Waals surface area contributed by atoms with Crippen LogP contribution in [0.4, 0.5) is 0 Å². The van der Waals surface area contributed by atoms with Crippen LogP contribution in [0.1, 0.15) is 12.7 Å². The van der Waals surface area contributed by atoms with Crippen molar-refractivity contribution in [2.24, 2.45) is 0 Å². The van der Waals surface area contributed by atoms with Crippen molar-refractivity contribution in [2.45, 2.75) is 6.92 Å². The Morgan fingerprint density at radius 1 is 1.47 bits per heavy atom. The van der Waals surface area contributed by atoms with Gasteiger partial charge in [0.2, 0.25) is 0 Å². The number of para-hydroxylation sites is 1. The first-order valence-corrected chi connectivity index (χ1v) is 4.53. The van der Waals surface area contributed by atoms with Crippen LogP contribution in [0, 0.1) is 0 Å². The number of rotatable bonds is 1. The zero-order chi connectivity index (χ0) is 10.8. The van der Waals surface area contributed by atoms with Gasteiger partial charge in [0.1, 0.15) is 5.82 Å². The summed E-state index contributed by atoms with van der Waals surface area (Å²) < 4.78 is 0. The van der Waals surface area contributed by atoms with E-state index in [9.17, 15) is 4.79 Å². The smallest absolute Gasteiger partial charge is 0.259 e. The third kappa shape index (κ3) is 1.88. The Morgan fingerprint density at radius 3 is 2.93 bits per heavy atom. The average Bonchev–Trinajstić information content (AvgIpc) is 2.16. The molecule has 0 unspecified atom stereocenters. The minimum atomic E-state index is -0.201. The summed E-state index contributed by atoms with van der Waals surface area (Å²) in [7, 11) is 0. The first-order valence-electron chi connectivity index (χ1n) is 4.53. The van der Waals surface area contributed by atoms with Crippen molar-refractivity contribution in [1.82, 2.24) is 9.97 Å². The minimum Gasteiger partial charge on any atom is -0.512 e. The van der Waals surface area contributed by atoms with E-state index >= 15 is 0 Å². The molecule has 2 rings (SSSR count). The highest BCUT2D eigenvalue weighted by atomic mass is 16.3. The summed E-state index contributed by atoms with van der Waals surface area (Å²) in [6.07, 6.45) is 1.41. The summed E-state index contributed by atoms with van der Waals surface area (Å²) in [5.74, 6) is 0.465. The number of aliphatic hydroxyl groups is 1. The number of hydrogen-bond acceptors (Lipinski definition) is 3. The van der Waals surface area contributed by atoms with Crippen LogP contribution in [0.25, 0.3) is 17.0 Å². The van der Waals surface area contributed by atoms with Gasteiger partial charge in [-0.25, -0.2) is 4.98 Å². The highest BCUT2D eigenvalue weighted by Gasteiger charge is 2.00. The molecule has 0 spiro atoms. The van der Waals surface area contributed by atoms with E-state index in [4.69, 9.17) is 5.11 Å². The molecule has 0 fully saturated rings. The van der Waals surface area contributed by atoms with Crippen LogP contribution in [0.15, 0.2) is 34.8 Å². The molecular weight excluding hydrogens is 192 g/mol. The topological polar surface area (TPSA) is 66.0 Å². The van der Waals surface area contributed by atoms with E-state index < -0.39 is 0 Å². The second-order valence-electron chi connectivity index (χ2n) is 3.25. The molecule has 0 aliphatic rings. The number of nitrogens with one attached hydrogen (secondary N) is 1. The molecule has 0 radical (unpaired) electrons. The van der Waals surface area contributed by atoms with E-state index in [1.165, 1.54) is 13.0 Å². The van der Waals surface area contributed by atoms with Gasteiger partial charge in [0.05, 0.1) is 16.7 Å². The molecule has 0 amide bonds. The van der Waals surface area contributed by atoms with E-state index in [0.29, 0.717) is 16.7 Å². The van der Waals surface area contributed by atoms with Crippen molar-refractivity contribution in [3.05, 3.63) is 46.2 Å². The zero-order valence-corrected chi connectivity index (χ0v) is 8.19. The maximum Gasteiger partial charge on any atom is 0.259 e. The Balaban J connectivity index is 2.73. The van der Waals surface area contributed by atoms with Crippen LogP contribution in [-0.4, -0.2) is 15.1 Å². The number of aromatic nitrogens is 2. The SMILES string of the molecule is C/C(O)=C/c1nc2ccccc2c(=O)[nH]1. The lowest BCUT2D eigenvalue weighted by molar-refractivity contribution is 0.419. The van der Waals surface area contributed by atoms with Gasteiger partial charge in [-0.3, -0.25) is 4.79 Å². The Morgan fingerprint density at radius 2 is 2.20 bits per heavy atom. The molecule has 0 atom stereocenters. The van der Waals surface area contributed by atoms with Gasteiger partial charge in [0, 0.05) is 6.08 Å². The number of H-pyrrole nitrogens is 1. The van der Waals surface area contributed by atoms with Crippen LogP contribution < -0.4 is 5.56 Å². The van der Waals surface area contributed by atoms with Gasteiger partial charge in [0.15, 0.2) is 0 Å². The second-order valence-corrected chi connectivity index (χ2v) is 3.25. The maximum absolute atomic E-state index is 11.6. The summed E-state index contributed by atoms with van der Waals surface area (Å²) in [4.78, 5) is 18.3. The fourth-order valence-corrected chi connectivity index (χ4v) is 1.37. The highest BCUT2D eigenvalue weighted by Crippen LogP contribution is 2.06. The van der Waals surface area contributed by atoms with Crippen molar-refractivity contribution in [2.75, 3.05) is 0 Å². The van der Waals surface area contributed by atoms with Gasteiger partial charge in [-0.2, -0.15) is 0 Å². The van der Waals surface area contributed by atoms with E-state index in [1.54, 1.807) is 18.2 Å².